The second-order valence-electron chi connectivity index (χ2n) is 6.97. The predicted molar refractivity (Wildman–Crippen MR) is 98.1 cm³/mol. The number of hydrogen-bond donors (Lipinski definition) is 3. The Morgan fingerprint density at radius 2 is 1.92 bits per heavy atom. The number of piperidine rings is 1. The standard InChI is InChI=1S/C19H29FN4O/c1-2-21-19(22-13-18(25)14-3-5-15(20)6-4-14)23-16-9-11-24(12-10-16)17-7-8-17/h3-6,16-18,25H,2,7-13H2,1H3,(H2,21,22,23). The molecular weight excluding hydrogens is 319 g/mol. The molecule has 25 heavy (non-hydrogen) atoms. The molecule has 5 nitrogen and oxygen atoms in total. The van der Waals surface area contributed by atoms with Gasteiger partial charge >= 0.3 is 0 Å². The van der Waals surface area contributed by atoms with Crippen LogP contribution in [-0.2, 0) is 0 Å². The summed E-state index contributed by atoms with van der Waals surface area (Å²) in [5.41, 5.74) is 0.679. The Morgan fingerprint density at radius 1 is 1.24 bits per heavy atom. The maximum atomic E-state index is 13.0. The first-order valence-corrected chi connectivity index (χ1v) is 9.38. The first kappa shape index (κ1) is 18.1. The lowest BCUT2D eigenvalue weighted by Crippen LogP contribution is -2.49. The molecule has 1 aliphatic heterocycles. The van der Waals surface area contributed by atoms with E-state index in [1.165, 1.54) is 25.0 Å². The van der Waals surface area contributed by atoms with Gasteiger partial charge in [0.2, 0.25) is 0 Å². The molecule has 3 N–H and O–H groups in total. The monoisotopic (exact) mass is 348 g/mol. The molecule has 1 aliphatic carbocycles. The van der Waals surface area contributed by atoms with Gasteiger partial charge in [-0.1, -0.05) is 12.1 Å². The third-order valence-corrected chi connectivity index (χ3v) is 4.96. The maximum Gasteiger partial charge on any atom is 0.191 e. The van der Waals surface area contributed by atoms with Crippen molar-refractivity contribution in [2.24, 2.45) is 4.99 Å². The quantitative estimate of drug-likeness (QED) is 0.544. The number of aliphatic imine (C=N–C) groups is 1. The number of halogens is 1. The number of aliphatic hydroxyl groups excluding tert-OH is 1. The minimum Gasteiger partial charge on any atom is -0.386 e. The highest BCUT2D eigenvalue weighted by molar-refractivity contribution is 5.80. The van der Waals surface area contributed by atoms with Crippen molar-refractivity contribution in [1.82, 2.24) is 15.5 Å². The van der Waals surface area contributed by atoms with Gasteiger partial charge in [0.15, 0.2) is 5.96 Å². The number of nitrogens with zero attached hydrogens (tertiary/aromatic N) is 2. The normalized spacial score (nSPS) is 21.2. The zero-order valence-corrected chi connectivity index (χ0v) is 14.9. The fourth-order valence-corrected chi connectivity index (χ4v) is 3.33. The van der Waals surface area contributed by atoms with Gasteiger partial charge in [0.05, 0.1) is 12.6 Å². The first-order chi connectivity index (χ1) is 12.2. The van der Waals surface area contributed by atoms with Crippen molar-refractivity contribution in [1.29, 1.82) is 0 Å². The van der Waals surface area contributed by atoms with Crippen LogP contribution in [0.15, 0.2) is 29.3 Å². The van der Waals surface area contributed by atoms with Crippen molar-refractivity contribution in [3.05, 3.63) is 35.6 Å². The van der Waals surface area contributed by atoms with E-state index in [4.69, 9.17) is 0 Å². The van der Waals surface area contributed by atoms with E-state index in [0.29, 0.717) is 11.6 Å². The highest BCUT2D eigenvalue weighted by Gasteiger charge is 2.31. The molecule has 1 saturated carbocycles. The molecule has 2 fully saturated rings. The number of rotatable bonds is 6. The van der Waals surface area contributed by atoms with E-state index in [1.54, 1.807) is 12.1 Å². The Hall–Kier alpha value is -1.66. The summed E-state index contributed by atoms with van der Waals surface area (Å²) in [6, 6.07) is 7.19. The zero-order valence-electron chi connectivity index (χ0n) is 14.9. The Morgan fingerprint density at radius 3 is 2.52 bits per heavy atom. The van der Waals surface area contributed by atoms with E-state index in [0.717, 1.165) is 44.5 Å². The molecule has 0 spiro atoms. The molecule has 1 aromatic rings. The van der Waals surface area contributed by atoms with Crippen LogP contribution in [0, 0.1) is 5.82 Å². The van der Waals surface area contributed by atoms with Crippen molar-refractivity contribution in [2.75, 3.05) is 26.2 Å². The van der Waals surface area contributed by atoms with Gasteiger partial charge in [-0.2, -0.15) is 0 Å². The number of hydrogen-bond acceptors (Lipinski definition) is 3. The van der Waals surface area contributed by atoms with E-state index < -0.39 is 6.10 Å². The van der Waals surface area contributed by atoms with Crippen molar-refractivity contribution in [3.63, 3.8) is 0 Å². The molecule has 0 radical (unpaired) electrons. The molecule has 1 heterocycles. The second kappa shape index (κ2) is 8.63. The Kier molecular flexibility index (Phi) is 6.26. The average Bonchev–Trinajstić information content (AvgIpc) is 3.46. The lowest BCUT2D eigenvalue weighted by molar-refractivity contribution is 0.186. The third-order valence-electron chi connectivity index (χ3n) is 4.96. The summed E-state index contributed by atoms with van der Waals surface area (Å²) in [4.78, 5) is 7.11. The fourth-order valence-electron chi connectivity index (χ4n) is 3.33. The fraction of sp³-hybridized carbons (Fsp3) is 0.632. The molecule has 1 atom stereocenters. The maximum absolute atomic E-state index is 13.0. The van der Waals surface area contributed by atoms with Crippen LogP contribution in [0.25, 0.3) is 0 Å². The molecule has 1 aromatic carbocycles. The smallest absolute Gasteiger partial charge is 0.191 e. The minimum atomic E-state index is -0.729. The Bertz CT molecular complexity index is 565. The summed E-state index contributed by atoms with van der Waals surface area (Å²) in [7, 11) is 0. The molecule has 0 bridgehead atoms. The predicted octanol–water partition coefficient (Wildman–Crippen LogP) is 2.04. The van der Waals surface area contributed by atoms with Crippen LogP contribution in [-0.4, -0.2) is 54.2 Å². The molecule has 6 heteroatoms. The number of likely N-dealkylation sites (tertiary alicyclic amines) is 1. The zero-order chi connectivity index (χ0) is 17.6. The lowest BCUT2D eigenvalue weighted by atomic mass is 10.1. The molecule has 2 aliphatic rings. The van der Waals surface area contributed by atoms with Crippen LogP contribution in [0.4, 0.5) is 4.39 Å². The third kappa shape index (κ3) is 5.41. The number of guanidine groups is 1. The number of aliphatic hydroxyl groups is 1. The first-order valence-electron chi connectivity index (χ1n) is 9.38. The van der Waals surface area contributed by atoms with Crippen LogP contribution >= 0.6 is 0 Å². The lowest BCUT2D eigenvalue weighted by Gasteiger charge is -2.33. The van der Waals surface area contributed by atoms with Gasteiger partial charge in [0.25, 0.3) is 0 Å². The topological polar surface area (TPSA) is 59.9 Å². The van der Waals surface area contributed by atoms with E-state index >= 15 is 0 Å². The molecular formula is C19H29FN4O. The van der Waals surface area contributed by atoms with Gasteiger partial charge in [0, 0.05) is 31.7 Å². The van der Waals surface area contributed by atoms with Gasteiger partial charge in [-0.25, -0.2) is 4.39 Å². The summed E-state index contributed by atoms with van der Waals surface area (Å²) in [6.07, 6.45) is 4.25. The molecule has 0 aromatic heterocycles. The van der Waals surface area contributed by atoms with E-state index in [9.17, 15) is 9.50 Å². The molecule has 1 unspecified atom stereocenters. The number of nitrogens with one attached hydrogen (secondary N) is 2. The van der Waals surface area contributed by atoms with E-state index in [1.807, 2.05) is 6.92 Å². The highest BCUT2D eigenvalue weighted by atomic mass is 19.1. The Labute approximate surface area is 149 Å². The largest absolute Gasteiger partial charge is 0.386 e. The van der Waals surface area contributed by atoms with E-state index in [2.05, 4.69) is 20.5 Å². The summed E-state index contributed by atoms with van der Waals surface area (Å²) in [5.74, 6) is 0.445. The van der Waals surface area contributed by atoms with Crippen LogP contribution in [0.2, 0.25) is 0 Å². The number of benzene rings is 1. The molecule has 1 saturated heterocycles. The van der Waals surface area contributed by atoms with Crippen LogP contribution in [0.5, 0.6) is 0 Å². The Balaban J connectivity index is 1.51. The van der Waals surface area contributed by atoms with Gasteiger partial charge in [-0.3, -0.25) is 4.99 Å². The highest BCUT2D eigenvalue weighted by Crippen LogP contribution is 2.29. The van der Waals surface area contributed by atoms with Gasteiger partial charge in [-0.15, -0.1) is 0 Å². The minimum absolute atomic E-state index is 0.252. The van der Waals surface area contributed by atoms with Gasteiger partial charge < -0.3 is 20.6 Å². The van der Waals surface area contributed by atoms with Crippen LogP contribution in [0.3, 0.4) is 0 Å². The van der Waals surface area contributed by atoms with Crippen molar-refractivity contribution in [2.45, 2.75) is 50.8 Å². The summed E-state index contributed by atoms with van der Waals surface area (Å²) in [6.45, 7) is 5.37. The second-order valence-corrected chi connectivity index (χ2v) is 6.97. The summed E-state index contributed by atoms with van der Waals surface area (Å²) >= 11 is 0. The van der Waals surface area contributed by atoms with Gasteiger partial charge in [-0.05, 0) is 50.3 Å². The van der Waals surface area contributed by atoms with Crippen molar-refractivity contribution >= 4 is 5.96 Å². The average molecular weight is 348 g/mol. The molecule has 138 valence electrons. The summed E-state index contributed by atoms with van der Waals surface area (Å²) < 4.78 is 13.0. The molecule has 3 rings (SSSR count). The molecule has 0 amide bonds. The summed E-state index contributed by atoms with van der Waals surface area (Å²) in [5, 5.41) is 17.0. The van der Waals surface area contributed by atoms with E-state index in [-0.39, 0.29) is 12.4 Å². The van der Waals surface area contributed by atoms with Crippen LogP contribution in [0.1, 0.15) is 44.3 Å². The van der Waals surface area contributed by atoms with Crippen molar-refractivity contribution < 1.29 is 9.50 Å². The van der Waals surface area contributed by atoms with Crippen molar-refractivity contribution in [3.8, 4) is 0 Å². The SMILES string of the molecule is CCNC(=NCC(O)c1ccc(F)cc1)NC1CCN(C2CC2)CC1. The van der Waals surface area contributed by atoms with Gasteiger partial charge in [0.1, 0.15) is 5.82 Å². The van der Waals surface area contributed by atoms with Crippen LogP contribution < -0.4 is 10.6 Å².